The highest BCUT2D eigenvalue weighted by Gasteiger charge is 2.30. The topological polar surface area (TPSA) is 26.3 Å². The number of carbonyl (C=O) groups excluding carboxylic acids is 1. The summed E-state index contributed by atoms with van der Waals surface area (Å²) in [4.78, 5) is 12.1. The van der Waals surface area contributed by atoms with E-state index in [9.17, 15) is 18.0 Å². The number of alkyl halides is 3. The molecular formula is C23H23F3O2. The van der Waals surface area contributed by atoms with Gasteiger partial charge in [-0.1, -0.05) is 18.2 Å². The van der Waals surface area contributed by atoms with Crippen LogP contribution in [-0.2, 0) is 6.18 Å². The minimum atomic E-state index is -4.43. The summed E-state index contributed by atoms with van der Waals surface area (Å²) < 4.78 is 43.1. The summed E-state index contributed by atoms with van der Waals surface area (Å²) in [5, 5.41) is 0. The molecule has 28 heavy (non-hydrogen) atoms. The number of benzene rings is 2. The van der Waals surface area contributed by atoms with Gasteiger partial charge in [-0.15, -0.1) is 6.58 Å². The summed E-state index contributed by atoms with van der Waals surface area (Å²) in [5.41, 5.74) is 0.514. The molecule has 2 aromatic carbocycles. The van der Waals surface area contributed by atoms with Gasteiger partial charge in [0.2, 0.25) is 0 Å². The van der Waals surface area contributed by atoms with Gasteiger partial charge in [0.15, 0.2) is 0 Å². The number of esters is 1. The lowest BCUT2D eigenvalue weighted by Gasteiger charge is -2.28. The molecule has 5 heteroatoms. The second-order valence-electron chi connectivity index (χ2n) is 7.28. The van der Waals surface area contributed by atoms with E-state index in [0.29, 0.717) is 11.7 Å². The Bertz CT molecular complexity index is 799. The molecule has 0 heterocycles. The molecule has 1 aliphatic rings. The van der Waals surface area contributed by atoms with Crippen LogP contribution in [0.25, 0.3) is 0 Å². The quantitative estimate of drug-likeness (QED) is 0.321. The molecule has 2 aromatic rings. The Hall–Kier alpha value is -2.56. The van der Waals surface area contributed by atoms with E-state index in [0.717, 1.165) is 49.4 Å². The lowest BCUT2D eigenvalue weighted by atomic mass is 9.77. The lowest BCUT2D eigenvalue weighted by Crippen LogP contribution is -2.13. The van der Waals surface area contributed by atoms with Crippen LogP contribution >= 0.6 is 0 Å². The van der Waals surface area contributed by atoms with Gasteiger partial charge in [0, 0.05) is 0 Å². The second-order valence-corrected chi connectivity index (χ2v) is 7.28. The normalized spacial score (nSPS) is 19.8. The van der Waals surface area contributed by atoms with Gasteiger partial charge in [-0.2, -0.15) is 13.2 Å². The molecule has 0 amide bonds. The Morgan fingerprint density at radius 3 is 2.14 bits per heavy atom. The van der Waals surface area contributed by atoms with Crippen molar-refractivity contribution in [3.63, 3.8) is 0 Å². The van der Waals surface area contributed by atoms with Crippen LogP contribution in [0.2, 0.25) is 0 Å². The number of hydrogen-bond acceptors (Lipinski definition) is 2. The summed E-state index contributed by atoms with van der Waals surface area (Å²) >= 11 is 0. The monoisotopic (exact) mass is 388 g/mol. The fourth-order valence-electron chi connectivity index (χ4n) is 3.74. The maximum absolute atomic E-state index is 12.6. The number of allylic oxidation sites excluding steroid dienone is 1. The summed E-state index contributed by atoms with van der Waals surface area (Å²) in [6.45, 7) is 3.81. The van der Waals surface area contributed by atoms with Crippen LogP contribution in [0.3, 0.4) is 0 Å². The Kier molecular flexibility index (Phi) is 6.22. The molecule has 0 aliphatic heterocycles. The van der Waals surface area contributed by atoms with E-state index >= 15 is 0 Å². The van der Waals surface area contributed by atoms with E-state index in [1.165, 1.54) is 18.4 Å². The van der Waals surface area contributed by atoms with Gasteiger partial charge >= 0.3 is 12.1 Å². The molecule has 0 atom stereocenters. The smallest absolute Gasteiger partial charge is 0.416 e. The Labute approximate surface area is 163 Å². The molecule has 3 rings (SSSR count). The fraction of sp³-hybridized carbons (Fsp3) is 0.348. The first-order valence-electron chi connectivity index (χ1n) is 9.47. The third-order valence-corrected chi connectivity index (χ3v) is 5.36. The molecule has 148 valence electrons. The number of hydrogen-bond donors (Lipinski definition) is 0. The zero-order valence-corrected chi connectivity index (χ0v) is 15.5. The van der Waals surface area contributed by atoms with E-state index in [1.807, 2.05) is 18.2 Å². The van der Waals surface area contributed by atoms with Gasteiger partial charge in [0.1, 0.15) is 5.75 Å². The minimum Gasteiger partial charge on any atom is -0.423 e. The van der Waals surface area contributed by atoms with E-state index in [1.54, 1.807) is 12.1 Å². The van der Waals surface area contributed by atoms with Crippen molar-refractivity contribution >= 4 is 5.97 Å². The SMILES string of the molecule is C=CC[C@H]1CC[C@H](c2ccc(OC(=O)c3ccc(C(F)(F)F)cc3)cc2)CC1. The first kappa shape index (κ1) is 20.2. The third kappa shape index (κ3) is 5.03. The van der Waals surface area contributed by atoms with Crippen molar-refractivity contribution in [2.24, 2.45) is 5.92 Å². The van der Waals surface area contributed by atoms with Crippen LogP contribution in [0.1, 0.15) is 59.5 Å². The van der Waals surface area contributed by atoms with Crippen molar-refractivity contribution < 1.29 is 22.7 Å². The molecule has 0 bridgehead atoms. The maximum Gasteiger partial charge on any atom is 0.416 e. The molecule has 1 saturated carbocycles. The van der Waals surface area contributed by atoms with Crippen LogP contribution in [-0.4, -0.2) is 5.97 Å². The van der Waals surface area contributed by atoms with Crippen LogP contribution in [0.5, 0.6) is 5.75 Å². The highest BCUT2D eigenvalue weighted by atomic mass is 19.4. The predicted octanol–water partition coefficient (Wildman–Crippen LogP) is 6.77. The number of halogens is 3. The molecule has 1 fully saturated rings. The van der Waals surface area contributed by atoms with Gasteiger partial charge in [-0.3, -0.25) is 0 Å². The average molecular weight is 388 g/mol. The van der Waals surface area contributed by atoms with Crippen LogP contribution in [0.4, 0.5) is 13.2 Å². The molecule has 0 radical (unpaired) electrons. The zero-order valence-electron chi connectivity index (χ0n) is 15.5. The van der Waals surface area contributed by atoms with Crippen molar-refractivity contribution in [3.05, 3.63) is 77.9 Å². The highest BCUT2D eigenvalue weighted by molar-refractivity contribution is 5.91. The van der Waals surface area contributed by atoms with Gasteiger partial charge in [0.05, 0.1) is 11.1 Å². The molecule has 2 nitrogen and oxygen atoms in total. The number of carbonyl (C=O) groups is 1. The van der Waals surface area contributed by atoms with Crippen molar-refractivity contribution in [2.75, 3.05) is 0 Å². The molecular weight excluding hydrogens is 365 g/mol. The minimum absolute atomic E-state index is 0.0811. The Morgan fingerprint density at radius 2 is 1.61 bits per heavy atom. The van der Waals surface area contributed by atoms with Crippen molar-refractivity contribution in [2.45, 2.75) is 44.2 Å². The highest BCUT2D eigenvalue weighted by Crippen LogP contribution is 2.37. The fourth-order valence-corrected chi connectivity index (χ4v) is 3.74. The third-order valence-electron chi connectivity index (χ3n) is 5.36. The summed E-state index contributed by atoms with van der Waals surface area (Å²) in [6.07, 6.45) is 3.31. The zero-order chi connectivity index (χ0) is 20.1. The molecule has 0 saturated heterocycles. The van der Waals surface area contributed by atoms with Crippen molar-refractivity contribution in [1.82, 2.24) is 0 Å². The Balaban J connectivity index is 1.58. The van der Waals surface area contributed by atoms with Gasteiger partial charge < -0.3 is 4.74 Å². The molecule has 1 aliphatic carbocycles. The largest absolute Gasteiger partial charge is 0.423 e. The van der Waals surface area contributed by atoms with Gasteiger partial charge in [-0.25, -0.2) is 4.79 Å². The number of ether oxygens (including phenoxy) is 1. The van der Waals surface area contributed by atoms with Crippen LogP contribution in [0, 0.1) is 5.92 Å². The lowest BCUT2D eigenvalue weighted by molar-refractivity contribution is -0.137. The summed E-state index contributed by atoms with van der Waals surface area (Å²) in [7, 11) is 0. The molecule has 0 spiro atoms. The molecule has 0 unspecified atom stereocenters. The summed E-state index contributed by atoms with van der Waals surface area (Å²) in [5.74, 6) is 0.957. The standard InChI is InChI=1S/C23H23F3O2/c1-2-3-16-4-6-17(7-5-16)18-10-14-21(15-11-18)28-22(27)19-8-12-20(13-9-19)23(24,25)26/h2,8-17H,1,3-7H2/t16-,17-. The Morgan fingerprint density at radius 1 is 1.00 bits per heavy atom. The molecule has 0 aromatic heterocycles. The number of rotatable bonds is 5. The van der Waals surface area contributed by atoms with E-state index in [2.05, 4.69) is 6.58 Å². The van der Waals surface area contributed by atoms with Crippen LogP contribution in [0.15, 0.2) is 61.2 Å². The van der Waals surface area contributed by atoms with Gasteiger partial charge in [0.25, 0.3) is 0 Å². The van der Waals surface area contributed by atoms with Crippen molar-refractivity contribution in [1.29, 1.82) is 0 Å². The first-order chi connectivity index (χ1) is 13.4. The van der Waals surface area contributed by atoms with Gasteiger partial charge in [-0.05, 0) is 85.9 Å². The predicted molar refractivity (Wildman–Crippen MR) is 102 cm³/mol. The second kappa shape index (κ2) is 8.63. The van der Waals surface area contributed by atoms with E-state index in [4.69, 9.17) is 4.74 Å². The van der Waals surface area contributed by atoms with E-state index < -0.39 is 17.7 Å². The van der Waals surface area contributed by atoms with Crippen LogP contribution < -0.4 is 4.74 Å². The molecule has 0 N–H and O–H groups in total. The average Bonchev–Trinajstić information content (AvgIpc) is 2.69. The van der Waals surface area contributed by atoms with E-state index in [-0.39, 0.29) is 5.56 Å². The van der Waals surface area contributed by atoms with Crippen molar-refractivity contribution in [3.8, 4) is 5.75 Å². The summed E-state index contributed by atoms with van der Waals surface area (Å²) in [6, 6.07) is 11.4. The maximum atomic E-state index is 12.6. The first-order valence-corrected chi connectivity index (χ1v) is 9.47.